The second-order valence-electron chi connectivity index (χ2n) is 7.17. The van der Waals surface area contributed by atoms with Crippen LogP contribution in [0.1, 0.15) is 28.1 Å². The van der Waals surface area contributed by atoms with E-state index in [1.807, 2.05) is 56.3 Å². The third kappa shape index (κ3) is 4.03. The van der Waals surface area contributed by atoms with Crippen molar-refractivity contribution in [2.75, 3.05) is 0 Å². The van der Waals surface area contributed by atoms with E-state index in [1.54, 1.807) is 5.51 Å². The van der Waals surface area contributed by atoms with Gasteiger partial charge in [0.1, 0.15) is 10.7 Å². The Balaban J connectivity index is 1.79. The van der Waals surface area contributed by atoms with E-state index < -0.39 is 11.7 Å². The number of alkyl halides is 3. The smallest absolute Gasteiger partial charge is 0.308 e. The third-order valence-corrected chi connectivity index (χ3v) is 5.88. The summed E-state index contributed by atoms with van der Waals surface area (Å²) in [5.41, 5.74) is 5.77. The molecule has 0 N–H and O–H groups in total. The van der Waals surface area contributed by atoms with Crippen LogP contribution in [0.5, 0.6) is 0 Å². The van der Waals surface area contributed by atoms with Gasteiger partial charge in [-0.15, -0.1) is 11.3 Å². The third-order valence-electron chi connectivity index (χ3n) is 5.07. The lowest BCUT2D eigenvalue weighted by Gasteiger charge is -2.14. The van der Waals surface area contributed by atoms with Crippen LogP contribution in [0, 0.1) is 13.8 Å². The number of aromatic nitrogens is 3. The Morgan fingerprint density at radius 3 is 2.27 bits per heavy atom. The molecule has 0 aliphatic rings. The Labute approximate surface area is 176 Å². The summed E-state index contributed by atoms with van der Waals surface area (Å²) in [7, 11) is 0. The van der Waals surface area contributed by atoms with Gasteiger partial charge in [0, 0.05) is 17.6 Å². The van der Waals surface area contributed by atoms with Gasteiger partial charge in [0.25, 0.3) is 0 Å². The number of thiazole rings is 1. The second kappa shape index (κ2) is 8.07. The minimum absolute atomic E-state index is 0.441. The SMILES string of the molecule is Cc1ccc(C)n1-c1scnc1-c1ncc(C(F)(F)F)cc1CCc1ccccc1. The van der Waals surface area contributed by atoms with E-state index in [2.05, 4.69) is 14.5 Å². The predicted molar refractivity (Wildman–Crippen MR) is 113 cm³/mol. The van der Waals surface area contributed by atoms with Gasteiger partial charge >= 0.3 is 6.18 Å². The van der Waals surface area contributed by atoms with Crippen molar-refractivity contribution < 1.29 is 13.2 Å². The second-order valence-corrected chi connectivity index (χ2v) is 8.01. The summed E-state index contributed by atoms with van der Waals surface area (Å²) in [5.74, 6) is 0. The summed E-state index contributed by atoms with van der Waals surface area (Å²) >= 11 is 1.45. The molecule has 3 heterocycles. The number of aryl methyl sites for hydroxylation is 4. The van der Waals surface area contributed by atoms with Gasteiger partial charge in [0.15, 0.2) is 0 Å². The number of benzene rings is 1. The Kier molecular flexibility index (Phi) is 5.47. The number of rotatable bonds is 5. The van der Waals surface area contributed by atoms with Crippen molar-refractivity contribution in [1.29, 1.82) is 0 Å². The van der Waals surface area contributed by atoms with E-state index in [4.69, 9.17) is 0 Å². The highest BCUT2D eigenvalue weighted by Crippen LogP contribution is 2.36. The molecule has 0 amide bonds. The fraction of sp³-hybridized carbons (Fsp3) is 0.217. The van der Waals surface area contributed by atoms with Crippen molar-refractivity contribution in [1.82, 2.24) is 14.5 Å². The van der Waals surface area contributed by atoms with Crippen LogP contribution in [0.4, 0.5) is 13.2 Å². The van der Waals surface area contributed by atoms with Crippen molar-refractivity contribution in [3.8, 4) is 16.4 Å². The maximum absolute atomic E-state index is 13.4. The quantitative estimate of drug-likeness (QED) is 0.368. The first-order valence-electron chi connectivity index (χ1n) is 9.54. The van der Waals surface area contributed by atoms with Gasteiger partial charge in [0.05, 0.1) is 16.8 Å². The van der Waals surface area contributed by atoms with Crippen LogP contribution < -0.4 is 0 Å². The molecule has 3 aromatic heterocycles. The molecule has 4 rings (SSSR count). The van der Waals surface area contributed by atoms with Crippen LogP contribution in [0.25, 0.3) is 16.4 Å². The highest BCUT2D eigenvalue weighted by Gasteiger charge is 2.32. The van der Waals surface area contributed by atoms with E-state index in [0.717, 1.165) is 28.1 Å². The fourth-order valence-corrected chi connectivity index (χ4v) is 4.46. The summed E-state index contributed by atoms with van der Waals surface area (Å²) in [6, 6.07) is 15.0. The molecule has 0 radical (unpaired) electrons. The molecule has 3 nitrogen and oxygen atoms in total. The molecule has 154 valence electrons. The fourth-order valence-electron chi connectivity index (χ4n) is 3.54. The summed E-state index contributed by atoms with van der Waals surface area (Å²) < 4.78 is 42.1. The number of halogens is 3. The zero-order chi connectivity index (χ0) is 21.3. The van der Waals surface area contributed by atoms with Crippen molar-refractivity contribution in [3.05, 3.63) is 88.3 Å². The number of nitrogens with zero attached hydrogens (tertiary/aromatic N) is 3. The minimum Gasteiger partial charge on any atom is -0.308 e. The molecule has 30 heavy (non-hydrogen) atoms. The van der Waals surface area contributed by atoms with Crippen LogP contribution in [0.2, 0.25) is 0 Å². The van der Waals surface area contributed by atoms with E-state index in [0.29, 0.717) is 29.8 Å². The Morgan fingerprint density at radius 1 is 0.900 bits per heavy atom. The molecular weight excluding hydrogens is 407 g/mol. The van der Waals surface area contributed by atoms with Gasteiger partial charge in [-0.1, -0.05) is 30.3 Å². The molecule has 0 saturated heterocycles. The summed E-state index contributed by atoms with van der Waals surface area (Å²) in [5, 5.41) is 0.864. The van der Waals surface area contributed by atoms with Crippen LogP contribution >= 0.6 is 11.3 Å². The van der Waals surface area contributed by atoms with Crippen LogP contribution in [-0.2, 0) is 19.0 Å². The Morgan fingerprint density at radius 2 is 1.60 bits per heavy atom. The van der Waals surface area contributed by atoms with E-state index in [9.17, 15) is 13.2 Å². The van der Waals surface area contributed by atoms with Gasteiger partial charge in [0.2, 0.25) is 0 Å². The van der Waals surface area contributed by atoms with Gasteiger partial charge in [-0.3, -0.25) is 4.98 Å². The van der Waals surface area contributed by atoms with Crippen molar-refractivity contribution in [2.45, 2.75) is 32.9 Å². The molecule has 7 heteroatoms. The van der Waals surface area contributed by atoms with E-state index in [-0.39, 0.29) is 0 Å². The maximum Gasteiger partial charge on any atom is 0.417 e. The Bertz CT molecular complexity index is 1140. The van der Waals surface area contributed by atoms with Crippen molar-refractivity contribution in [2.24, 2.45) is 0 Å². The summed E-state index contributed by atoms with van der Waals surface area (Å²) in [6.45, 7) is 3.99. The zero-order valence-electron chi connectivity index (χ0n) is 16.6. The molecule has 0 fully saturated rings. The minimum atomic E-state index is -4.44. The molecule has 0 aliphatic heterocycles. The number of pyridine rings is 1. The van der Waals surface area contributed by atoms with Crippen LogP contribution in [0.15, 0.2) is 60.2 Å². The molecule has 0 spiro atoms. The molecule has 0 saturated carbocycles. The largest absolute Gasteiger partial charge is 0.417 e. The van der Waals surface area contributed by atoms with Crippen molar-refractivity contribution >= 4 is 11.3 Å². The van der Waals surface area contributed by atoms with E-state index in [1.165, 1.54) is 17.4 Å². The topological polar surface area (TPSA) is 30.7 Å². The van der Waals surface area contributed by atoms with Crippen molar-refractivity contribution in [3.63, 3.8) is 0 Å². The summed E-state index contributed by atoms with van der Waals surface area (Å²) in [4.78, 5) is 8.73. The first-order chi connectivity index (χ1) is 14.3. The number of hydrogen-bond acceptors (Lipinski definition) is 3. The molecule has 4 aromatic rings. The average Bonchev–Trinajstić information content (AvgIpc) is 3.32. The van der Waals surface area contributed by atoms with Gasteiger partial charge in [-0.05, 0) is 56.0 Å². The number of hydrogen-bond donors (Lipinski definition) is 0. The average molecular weight is 427 g/mol. The molecule has 0 bridgehead atoms. The monoisotopic (exact) mass is 427 g/mol. The standard InChI is InChI=1S/C23H20F3N3S/c1-15-8-9-16(2)29(15)22-21(28-14-30-22)20-18(11-10-17-6-4-3-5-7-17)12-19(13-27-20)23(24,25)26/h3-9,12-14H,10-11H2,1-2H3. The highest BCUT2D eigenvalue weighted by atomic mass is 32.1. The van der Waals surface area contributed by atoms with Gasteiger partial charge in [-0.25, -0.2) is 4.98 Å². The Hall–Kier alpha value is -2.93. The molecule has 0 aliphatic carbocycles. The molecule has 1 aromatic carbocycles. The van der Waals surface area contributed by atoms with Crippen LogP contribution in [-0.4, -0.2) is 14.5 Å². The van der Waals surface area contributed by atoms with Gasteiger partial charge < -0.3 is 4.57 Å². The maximum atomic E-state index is 13.4. The lowest BCUT2D eigenvalue weighted by atomic mass is 10.00. The normalized spacial score (nSPS) is 11.8. The van der Waals surface area contributed by atoms with E-state index >= 15 is 0 Å². The molecule has 0 atom stereocenters. The molecule has 0 unspecified atom stereocenters. The lowest BCUT2D eigenvalue weighted by molar-refractivity contribution is -0.137. The molecular formula is C23H20F3N3S. The van der Waals surface area contributed by atoms with Gasteiger partial charge in [-0.2, -0.15) is 13.2 Å². The first kappa shape index (κ1) is 20.3. The highest BCUT2D eigenvalue weighted by molar-refractivity contribution is 7.12. The zero-order valence-corrected chi connectivity index (χ0v) is 17.4. The first-order valence-corrected chi connectivity index (χ1v) is 10.4. The predicted octanol–water partition coefficient (Wildman–Crippen LogP) is 6.42. The van der Waals surface area contributed by atoms with Crippen LogP contribution in [0.3, 0.4) is 0 Å². The lowest BCUT2D eigenvalue weighted by Crippen LogP contribution is -2.09. The summed E-state index contributed by atoms with van der Waals surface area (Å²) in [6.07, 6.45) is -2.47.